The lowest BCUT2D eigenvalue weighted by molar-refractivity contribution is 0.391. The van der Waals surface area contributed by atoms with Gasteiger partial charge in [0.15, 0.2) is 0 Å². The van der Waals surface area contributed by atoms with Gasteiger partial charge in [0.25, 0.3) is 0 Å². The Labute approximate surface area is 142 Å². The number of aromatic nitrogens is 1. The van der Waals surface area contributed by atoms with Crippen molar-refractivity contribution in [2.45, 2.75) is 23.3 Å². The van der Waals surface area contributed by atoms with Crippen LogP contribution in [-0.4, -0.2) is 5.16 Å². The van der Waals surface area contributed by atoms with Gasteiger partial charge in [0.05, 0.1) is 6.54 Å². The smallest absolute Gasteiger partial charge is 0.133 e. The fourth-order valence-electron chi connectivity index (χ4n) is 2.05. The molecular weight excluding hydrogens is 335 g/mol. The fraction of sp³-hybridized carbons (Fsp3) is 0.118. The summed E-state index contributed by atoms with van der Waals surface area (Å²) in [5.74, 6) is 0.527. The summed E-state index contributed by atoms with van der Waals surface area (Å²) in [6.07, 6.45) is 0. The van der Waals surface area contributed by atoms with E-state index < -0.39 is 0 Å². The maximum Gasteiger partial charge on any atom is 0.133 e. The molecule has 0 aliphatic rings. The fourth-order valence-corrected chi connectivity index (χ4v) is 3.12. The summed E-state index contributed by atoms with van der Waals surface area (Å²) in [7, 11) is 0. The number of nitrogens with zero attached hydrogens (tertiary/aromatic N) is 1. The number of rotatable bonds is 5. The van der Waals surface area contributed by atoms with Gasteiger partial charge in [-0.1, -0.05) is 28.5 Å². The number of anilines is 1. The Morgan fingerprint density at radius 2 is 1.96 bits per heavy atom. The van der Waals surface area contributed by atoms with Gasteiger partial charge in [0, 0.05) is 26.6 Å². The first-order chi connectivity index (χ1) is 11.1. The van der Waals surface area contributed by atoms with Gasteiger partial charge in [-0.15, -0.1) is 0 Å². The Morgan fingerprint density at radius 1 is 1.17 bits per heavy atom. The highest BCUT2D eigenvalue weighted by Gasteiger charge is 2.07. The Bertz CT molecular complexity index is 805. The predicted octanol–water partition coefficient (Wildman–Crippen LogP) is 5.54. The molecule has 0 bridgehead atoms. The van der Waals surface area contributed by atoms with Crippen LogP contribution in [0.4, 0.5) is 10.1 Å². The average Bonchev–Trinajstić information content (AvgIpc) is 2.95. The van der Waals surface area contributed by atoms with Crippen LogP contribution in [0.25, 0.3) is 0 Å². The molecule has 0 spiro atoms. The van der Waals surface area contributed by atoms with E-state index in [-0.39, 0.29) is 5.82 Å². The van der Waals surface area contributed by atoms with Crippen molar-refractivity contribution in [2.75, 3.05) is 5.32 Å². The minimum absolute atomic E-state index is 0.245. The Hall–Kier alpha value is -1.98. The van der Waals surface area contributed by atoms with E-state index >= 15 is 0 Å². The molecule has 1 aromatic heterocycles. The minimum atomic E-state index is -0.245. The molecule has 0 fully saturated rings. The molecule has 23 heavy (non-hydrogen) atoms. The quantitative estimate of drug-likeness (QED) is 0.657. The molecule has 3 nitrogen and oxygen atoms in total. The van der Waals surface area contributed by atoms with Crippen molar-refractivity contribution in [3.8, 4) is 0 Å². The van der Waals surface area contributed by atoms with Gasteiger partial charge in [-0.25, -0.2) is 4.39 Å². The van der Waals surface area contributed by atoms with E-state index in [1.165, 1.54) is 12.1 Å². The first kappa shape index (κ1) is 15.9. The lowest BCUT2D eigenvalue weighted by atomic mass is 10.3. The maximum atomic E-state index is 13.0. The third-order valence-electron chi connectivity index (χ3n) is 3.12. The Balaban J connectivity index is 1.78. The summed E-state index contributed by atoms with van der Waals surface area (Å²) in [6.45, 7) is 2.39. The van der Waals surface area contributed by atoms with Crippen LogP contribution in [0.2, 0.25) is 5.02 Å². The number of benzene rings is 2. The van der Waals surface area contributed by atoms with Crippen molar-refractivity contribution in [2.24, 2.45) is 0 Å². The lowest BCUT2D eigenvalue weighted by Crippen LogP contribution is -2.00. The zero-order valence-electron chi connectivity index (χ0n) is 12.3. The number of halogens is 2. The van der Waals surface area contributed by atoms with Gasteiger partial charge in [0.1, 0.15) is 17.3 Å². The standard InChI is InChI=1S/C17H14ClFN2OS/c1-11-8-14(21-22-11)10-20-16-9-12(18)2-7-17(16)23-15-5-3-13(19)4-6-15/h2-9,20H,10H2,1H3. The van der Waals surface area contributed by atoms with Crippen LogP contribution in [0, 0.1) is 12.7 Å². The second kappa shape index (κ2) is 7.06. The Morgan fingerprint density at radius 3 is 2.65 bits per heavy atom. The summed E-state index contributed by atoms with van der Waals surface area (Å²) in [4.78, 5) is 1.95. The first-order valence-corrected chi connectivity index (χ1v) is 8.18. The number of hydrogen-bond donors (Lipinski definition) is 1. The zero-order chi connectivity index (χ0) is 16.2. The SMILES string of the molecule is Cc1cc(CNc2cc(Cl)ccc2Sc2ccc(F)cc2)no1. The van der Waals surface area contributed by atoms with Gasteiger partial charge in [-0.05, 0) is 49.4 Å². The van der Waals surface area contributed by atoms with Gasteiger partial charge in [-0.2, -0.15) is 0 Å². The third kappa shape index (κ3) is 4.27. The molecule has 0 saturated carbocycles. The molecule has 0 radical (unpaired) electrons. The molecule has 6 heteroatoms. The summed E-state index contributed by atoms with van der Waals surface area (Å²) in [5, 5.41) is 7.92. The van der Waals surface area contributed by atoms with E-state index in [2.05, 4.69) is 10.5 Å². The van der Waals surface area contributed by atoms with E-state index in [0.717, 1.165) is 26.9 Å². The van der Waals surface area contributed by atoms with Crippen molar-refractivity contribution < 1.29 is 8.91 Å². The van der Waals surface area contributed by atoms with Crippen molar-refractivity contribution in [3.63, 3.8) is 0 Å². The molecule has 0 saturated heterocycles. The highest BCUT2D eigenvalue weighted by Crippen LogP contribution is 2.35. The molecule has 0 unspecified atom stereocenters. The van der Waals surface area contributed by atoms with Crippen LogP contribution in [0.5, 0.6) is 0 Å². The van der Waals surface area contributed by atoms with Crippen LogP contribution >= 0.6 is 23.4 Å². The predicted molar refractivity (Wildman–Crippen MR) is 90.5 cm³/mol. The zero-order valence-corrected chi connectivity index (χ0v) is 13.9. The number of nitrogens with one attached hydrogen (secondary N) is 1. The number of aryl methyl sites for hydroxylation is 1. The normalized spacial score (nSPS) is 10.7. The lowest BCUT2D eigenvalue weighted by Gasteiger charge is -2.11. The van der Waals surface area contributed by atoms with Crippen LogP contribution in [0.3, 0.4) is 0 Å². The molecule has 1 heterocycles. The Kier molecular flexibility index (Phi) is 4.88. The van der Waals surface area contributed by atoms with Crippen LogP contribution in [0.15, 0.2) is 62.8 Å². The average molecular weight is 349 g/mol. The van der Waals surface area contributed by atoms with Gasteiger partial charge in [-0.3, -0.25) is 0 Å². The highest BCUT2D eigenvalue weighted by atomic mass is 35.5. The largest absolute Gasteiger partial charge is 0.378 e. The third-order valence-corrected chi connectivity index (χ3v) is 4.44. The maximum absolute atomic E-state index is 13.0. The summed E-state index contributed by atoms with van der Waals surface area (Å²) >= 11 is 7.63. The molecule has 3 rings (SSSR count). The minimum Gasteiger partial charge on any atom is -0.378 e. The monoisotopic (exact) mass is 348 g/mol. The van der Waals surface area contributed by atoms with E-state index in [9.17, 15) is 4.39 Å². The molecule has 0 atom stereocenters. The first-order valence-electron chi connectivity index (χ1n) is 6.99. The van der Waals surface area contributed by atoms with E-state index in [4.69, 9.17) is 16.1 Å². The molecule has 2 aromatic carbocycles. The van der Waals surface area contributed by atoms with Crippen LogP contribution in [0.1, 0.15) is 11.5 Å². The molecule has 118 valence electrons. The van der Waals surface area contributed by atoms with Crippen molar-refractivity contribution >= 4 is 29.1 Å². The van der Waals surface area contributed by atoms with Crippen molar-refractivity contribution in [1.29, 1.82) is 0 Å². The van der Waals surface area contributed by atoms with E-state index in [1.54, 1.807) is 23.9 Å². The van der Waals surface area contributed by atoms with Gasteiger partial charge < -0.3 is 9.84 Å². The summed E-state index contributed by atoms with van der Waals surface area (Å²) in [5.41, 5.74) is 1.72. The van der Waals surface area contributed by atoms with Gasteiger partial charge >= 0.3 is 0 Å². The summed E-state index contributed by atoms with van der Waals surface area (Å²) in [6, 6.07) is 13.9. The van der Waals surface area contributed by atoms with Crippen LogP contribution < -0.4 is 5.32 Å². The molecule has 0 aliphatic heterocycles. The van der Waals surface area contributed by atoms with E-state index in [1.807, 2.05) is 31.2 Å². The second-order valence-electron chi connectivity index (χ2n) is 4.98. The molecular formula is C17H14ClFN2OS. The van der Waals surface area contributed by atoms with Gasteiger partial charge in [0.2, 0.25) is 0 Å². The van der Waals surface area contributed by atoms with Crippen LogP contribution in [-0.2, 0) is 6.54 Å². The number of hydrogen-bond acceptors (Lipinski definition) is 4. The summed E-state index contributed by atoms with van der Waals surface area (Å²) < 4.78 is 18.1. The van der Waals surface area contributed by atoms with Crippen molar-refractivity contribution in [1.82, 2.24) is 5.16 Å². The van der Waals surface area contributed by atoms with Crippen molar-refractivity contribution in [3.05, 3.63) is 70.8 Å². The molecule has 0 aliphatic carbocycles. The molecule has 0 amide bonds. The molecule has 1 N–H and O–H groups in total. The topological polar surface area (TPSA) is 38.1 Å². The second-order valence-corrected chi connectivity index (χ2v) is 6.53. The highest BCUT2D eigenvalue weighted by molar-refractivity contribution is 7.99. The molecule has 3 aromatic rings. The van der Waals surface area contributed by atoms with E-state index in [0.29, 0.717) is 11.6 Å².